The van der Waals surface area contributed by atoms with Crippen molar-refractivity contribution in [1.82, 2.24) is 4.98 Å². The zero-order valence-corrected chi connectivity index (χ0v) is 10.5. The van der Waals surface area contributed by atoms with Crippen LogP contribution in [0.3, 0.4) is 0 Å². The van der Waals surface area contributed by atoms with Crippen LogP contribution in [0.4, 0.5) is 5.82 Å². The number of anilines is 1. The van der Waals surface area contributed by atoms with Gasteiger partial charge in [0.2, 0.25) is 0 Å². The summed E-state index contributed by atoms with van der Waals surface area (Å²) in [6.45, 7) is 3.63. The third kappa shape index (κ3) is 2.09. The highest BCUT2D eigenvalue weighted by atomic mass is 16.7. The van der Waals surface area contributed by atoms with E-state index in [1.54, 1.807) is 0 Å². The second-order valence-corrected chi connectivity index (χ2v) is 4.82. The van der Waals surface area contributed by atoms with Gasteiger partial charge in [0.05, 0.1) is 19.8 Å². The van der Waals surface area contributed by atoms with Crippen molar-refractivity contribution in [3.8, 4) is 0 Å². The topological polar surface area (TPSA) is 60.6 Å². The Hall–Kier alpha value is -1.17. The molecule has 0 aliphatic carbocycles. The van der Waals surface area contributed by atoms with Gasteiger partial charge in [-0.2, -0.15) is 0 Å². The lowest BCUT2D eigenvalue weighted by atomic mass is 10.0. The number of pyridine rings is 1. The average Bonchev–Trinajstić information content (AvgIpc) is 2.86. The summed E-state index contributed by atoms with van der Waals surface area (Å²) in [4.78, 5) is 6.70. The van der Waals surface area contributed by atoms with E-state index >= 15 is 0 Å². The van der Waals surface area contributed by atoms with Crippen LogP contribution in [0.5, 0.6) is 0 Å². The van der Waals surface area contributed by atoms with Gasteiger partial charge in [-0.3, -0.25) is 0 Å². The Bertz CT molecular complexity index is 418. The van der Waals surface area contributed by atoms with Gasteiger partial charge in [-0.25, -0.2) is 4.98 Å². The van der Waals surface area contributed by atoms with Gasteiger partial charge in [0, 0.05) is 31.3 Å². The van der Waals surface area contributed by atoms with E-state index in [0.717, 1.165) is 37.3 Å². The van der Waals surface area contributed by atoms with E-state index in [0.29, 0.717) is 19.8 Å². The molecule has 0 unspecified atom stereocenters. The molecule has 0 aromatic carbocycles. The first-order chi connectivity index (χ1) is 8.83. The highest BCUT2D eigenvalue weighted by Gasteiger charge is 2.41. The molecule has 98 valence electrons. The van der Waals surface area contributed by atoms with E-state index < -0.39 is 5.79 Å². The quantitative estimate of drug-likeness (QED) is 0.843. The molecule has 1 spiro atoms. The lowest BCUT2D eigenvalue weighted by Gasteiger charge is -2.39. The molecule has 2 aliphatic rings. The highest BCUT2D eigenvalue weighted by Crippen LogP contribution is 2.32. The summed E-state index contributed by atoms with van der Waals surface area (Å²) in [6.07, 6.45) is 3.83. The van der Waals surface area contributed by atoms with Crippen LogP contribution >= 0.6 is 0 Å². The Labute approximate surface area is 107 Å². The van der Waals surface area contributed by atoms with E-state index in [1.807, 2.05) is 18.3 Å². The third-order valence-corrected chi connectivity index (χ3v) is 3.62. The Balaban J connectivity index is 1.83. The van der Waals surface area contributed by atoms with Crippen LogP contribution in [-0.2, 0) is 16.0 Å². The van der Waals surface area contributed by atoms with Gasteiger partial charge < -0.3 is 20.1 Å². The second kappa shape index (κ2) is 4.84. The molecule has 1 aromatic heterocycles. The van der Waals surface area contributed by atoms with E-state index in [-0.39, 0.29) is 0 Å². The fraction of sp³-hybridized carbons (Fsp3) is 0.615. The molecule has 3 heterocycles. The molecule has 2 N–H and O–H groups in total. The average molecular weight is 249 g/mol. The SMILES string of the molecule is NCc1cccnc1N1CCCC2(C1)OCCO2. The number of aromatic nitrogens is 1. The molecule has 2 saturated heterocycles. The summed E-state index contributed by atoms with van der Waals surface area (Å²) in [6, 6.07) is 3.95. The molecular formula is C13H19N3O2. The van der Waals surface area contributed by atoms with Crippen molar-refractivity contribution in [3.05, 3.63) is 23.9 Å². The van der Waals surface area contributed by atoms with Crippen molar-refractivity contribution in [3.63, 3.8) is 0 Å². The van der Waals surface area contributed by atoms with Gasteiger partial charge in [-0.15, -0.1) is 0 Å². The second-order valence-electron chi connectivity index (χ2n) is 4.82. The predicted octanol–water partition coefficient (Wildman–Crippen LogP) is 0.884. The van der Waals surface area contributed by atoms with Gasteiger partial charge in [-0.05, 0) is 12.5 Å². The van der Waals surface area contributed by atoms with Crippen molar-refractivity contribution in [2.75, 3.05) is 31.2 Å². The lowest BCUT2D eigenvalue weighted by Crippen LogP contribution is -2.49. The molecule has 1 aromatic rings. The largest absolute Gasteiger partial charge is 0.351 e. The van der Waals surface area contributed by atoms with Gasteiger partial charge in [0.25, 0.3) is 0 Å². The summed E-state index contributed by atoms with van der Waals surface area (Å²) in [5.74, 6) is 0.555. The molecule has 0 bridgehead atoms. The fourth-order valence-corrected chi connectivity index (χ4v) is 2.78. The van der Waals surface area contributed by atoms with E-state index in [2.05, 4.69) is 9.88 Å². The number of hydrogen-bond donors (Lipinski definition) is 1. The maximum Gasteiger partial charge on any atom is 0.186 e. The molecular weight excluding hydrogens is 230 g/mol. The number of ether oxygens (including phenoxy) is 2. The molecule has 2 aliphatic heterocycles. The van der Waals surface area contributed by atoms with Gasteiger partial charge in [-0.1, -0.05) is 6.07 Å². The number of piperidine rings is 1. The molecule has 0 radical (unpaired) electrons. The minimum Gasteiger partial charge on any atom is -0.351 e. The number of hydrogen-bond acceptors (Lipinski definition) is 5. The molecule has 3 rings (SSSR count). The van der Waals surface area contributed by atoms with Gasteiger partial charge >= 0.3 is 0 Å². The smallest absolute Gasteiger partial charge is 0.186 e. The van der Waals surface area contributed by atoms with Crippen molar-refractivity contribution < 1.29 is 9.47 Å². The maximum atomic E-state index is 5.78. The third-order valence-electron chi connectivity index (χ3n) is 3.62. The van der Waals surface area contributed by atoms with Crippen molar-refractivity contribution >= 4 is 5.82 Å². The monoisotopic (exact) mass is 249 g/mol. The van der Waals surface area contributed by atoms with Crippen LogP contribution in [0.25, 0.3) is 0 Å². The first-order valence-corrected chi connectivity index (χ1v) is 6.50. The molecule has 18 heavy (non-hydrogen) atoms. The molecule has 5 heteroatoms. The molecule has 5 nitrogen and oxygen atoms in total. The Kier molecular flexibility index (Phi) is 3.20. The fourth-order valence-electron chi connectivity index (χ4n) is 2.78. The zero-order chi connectivity index (χ0) is 12.4. The van der Waals surface area contributed by atoms with E-state index in [9.17, 15) is 0 Å². The minimum absolute atomic E-state index is 0.415. The molecule has 0 amide bonds. The number of rotatable bonds is 2. The van der Waals surface area contributed by atoms with Crippen LogP contribution in [-0.4, -0.2) is 37.1 Å². The molecule has 0 saturated carbocycles. The predicted molar refractivity (Wildman–Crippen MR) is 68.2 cm³/mol. The normalized spacial score (nSPS) is 22.6. The Morgan fingerprint density at radius 3 is 3.00 bits per heavy atom. The van der Waals surface area contributed by atoms with Crippen LogP contribution in [0.2, 0.25) is 0 Å². The van der Waals surface area contributed by atoms with E-state index in [4.69, 9.17) is 15.2 Å². The van der Waals surface area contributed by atoms with Crippen LogP contribution in [0.1, 0.15) is 18.4 Å². The zero-order valence-electron chi connectivity index (χ0n) is 10.5. The molecule has 2 fully saturated rings. The van der Waals surface area contributed by atoms with Crippen molar-refractivity contribution in [1.29, 1.82) is 0 Å². The van der Waals surface area contributed by atoms with Gasteiger partial charge in [0.15, 0.2) is 5.79 Å². The van der Waals surface area contributed by atoms with Crippen LogP contribution in [0, 0.1) is 0 Å². The standard InChI is InChI=1S/C13H19N3O2/c14-9-11-3-1-5-15-12(11)16-6-2-4-13(10-16)17-7-8-18-13/h1,3,5H,2,4,6-10,14H2. The van der Waals surface area contributed by atoms with Crippen molar-refractivity contribution in [2.24, 2.45) is 5.73 Å². The summed E-state index contributed by atoms with van der Waals surface area (Å²) in [7, 11) is 0. The first-order valence-electron chi connectivity index (χ1n) is 6.50. The lowest BCUT2D eigenvalue weighted by molar-refractivity contribution is -0.161. The summed E-state index contributed by atoms with van der Waals surface area (Å²) >= 11 is 0. The Morgan fingerprint density at radius 2 is 2.22 bits per heavy atom. The number of nitrogens with zero attached hydrogens (tertiary/aromatic N) is 2. The number of nitrogens with two attached hydrogens (primary N) is 1. The molecule has 0 atom stereocenters. The van der Waals surface area contributed by atoms with Crippen LogP contribution < -0.4 is 10.6 Å². The van der Waals surface area contributed by atoms with Crippen molar-refractivity contribution in [2.45, 2.75) is 25.2 Å². The van der Waals surface area contributed by atoms with Gasteiger partial charge in [0.1, 0.15) is 5.82 Å². The minimum atomic E-state index is -0.415. The van der Waals surface area contributed by atoms with E-state index in [1.165, 1.54) is 0 Å². The summed E-state index contributed by atoms with van der Waals surface area (Å²) < 4.78 is 11.6. The first kappa shape index (κ1) is 11.9. The van der Waals surface area contributed by atoms with Crippen LogP contribution in [0.15, 0.2) is 18.3 Å². The maximum absolute atomic E-state index is 5.78. The highest BCUT2D eigenvalue weighted by molar-refractivity contribution is 5.47. The summed E-state index contributed by atoms with van der Waals surface area (Å²) in [5.41, 5.74) is 6.85. The Morgan fingerprint density at radius 1 is 1.39 bits per heavy atom. The summed E-state index contributed by atoms with van der Waals surface area (Å²) in [5, 5.41) is 0.